The van der Waals surface area contributed by atoms with Gasteiger partial charge in [0.05, 0.1) is 17.6 Å². The van der Waals surface area contributed by atoms with Crippen molar-refractivity contribution in [1.29, 1.82) is 0 Å². The molecule has 2 saturated heterocycles. The summed E-state index contributed by atoms with van der Waals surface area (Å²) in [5, 5.41) is 0.573. The number of hydrogen-bond donors (Lipinski definition) is 0. The predicted molar refractivity (Wildman–Crippen MR) is 125 cm³/mol. The Morgan fingerprint density at radius 2 is 1.68 bits per heavy atom. The molecule has 0 aromatic heterocycles. The largest absolute Gasteiger partial charge is 0.371 e. The van der Waals surface area contributed by atoms with Gasteiger partial charge in [0.15, 0.2) is 0 Å². The van der Waals surface area contributed by atoms with Crippen LogP contribution in [0.25, 0.3) is 0 Å². The van der Waals surface area contributed by atoms with Crippen molar-refractivity contribution < 1.29 is 28.8 Å². The molecule has 0 aliphatic carbocycles. The van der Waals surface area contributed by atoms with Crippen molar-refractivity contribution >= 4 is 23.7 Å². The van der Waals surface area contributed by atoms with E-state index in [1.54, 1.807) is 13.8 Å². The molecular formula is C26H36N2O6. The van der Waals surface area contributed by atoms with E-state index >= 15 is 0 Å². The number of benzene rings is 1. The highest BCUT2D eigenvalue weighted by molar-refractivity contribution is 6.01. The minimum Gasteiger partial charge on any atom is -0.371 e. The lowest BCUT2D eigenvalue weighted by molar-refractivity contribution is -0.205. The van der Waals surface area contributed by atoms with Gasteiger partial charge in [0.25, 0.3) is 11.8 Å². The molecule has 2 fully saturated rings. The molecular weight excluding hydrogens is 436 g/mol. The van der Waals surface area contributed by atoms with Crippen LogP contribution in [-0.2, 0) is 35.2 Å². The molecule has 8 nitrogen and oxygen atoms in total. The number of nitrogens with zero attached hydrogens (tertiary/aromatic N) is 2. The molecule has 2 aliphatic rings. The summed E-state index contributed by atoms with van der Waals surface area (Å²) >= 11 is 0. The van der Waals surface area contributed by atoms with Crippen molar-refractivity contribution in [2.24, 2.45) is 10.8 Å². The lowest BCUT2D eigenvalue weighted by Gasteiger charge is -2.42. The van der Waals surface area contributed by atoms with Gasteiger partial charge in [0.1, 0.15) is 0 Å². The number of hydroxylamine groups is 2. The van der Waals surface area contributed by atoms with Gasteiger partial charge < -0.3 is 14.5 Å². The highest BCUT2D eigenvalue weighted by Crippen LogP contribution is 2.38. The van der Waals surface area contributed by atoms with Crippen LogP contribution in [0.15, 0.2) is 30.3 Å². The Morgan fingerprint density at radius 1 is 1.06 bits per heavy atom. The number of imide groups is 1. The zero-order chi connectivity index (χ0) is 25.1. The summed E-state index contributed by atoms with van der Waals surface area (Å²) in [6.45, 7) is 10.8. The van der Waals surface area contributed by atoms with Crippen LogP contribution in [0.5, 0.6) is 0 Å². The van der Waals surface area contributed by atoms with Gasteiger partial charge in [-0.1, -0.05) is 44.2 Å². The fourth-order valence-electron chi connectivity index (χ4n) is 4.99. The van der Waals surface area contributed by atoms with Gasteiger partial charge >= 0.3 is 5.97 Å². The van der Waals surface area contributed by atoms with Crippen LogP contribution in [0.4, 0.5) is 0 Å². The van der Waals surface area contributed by atoms with Crippen LogP contribution in [0.2, 0.25) is 0 Å². The van der Waals surface area contributed by atoms with E-state index in [0.717, 1.165) is 5.56 Å². The van der Waals surface area contributed by atoms with Crippen molar-refractivity contribution in [1.82, 2.24) is 9.96 Å². The molecule has 3 rings (SSSR count). The number of hydrogen-bond acceptors (Lipinski definition) is 6. The maximum atomic E-state index is 13.2. The molecule has 0 bridgehead atoms. The van der Waals surface area contributed by atoms with Crippen molar-refractivity contribution in [2.45, 2.75) is 72.3 Å². The summed E-state index contributed by atoms with van der Waals surface area (Å²) in [5.41, 5.74) is -0.793. The maximum absolute atomic E-state index is 13.2. The van der Waals surface area contributed by atoms with Crippen LogP contribution in [0.3, 0.4) is 0 Å². The molecule has 0 radical (unpaired) electrons. The quantitative estimate of drug-likeness (QED) is 0.539. The van der Waals surface area contributed by atoms with Crippen molar-refractivity contribution in [3.63, 3.8) is 0 Å². The highest BCUT2D eigenvalue weighted by Gasteiger charge is 2.42. The second kappa shape index (κ2) is 9.86. The van der Waals surface area contributed by atoms with Crippen LogP contribution >= 0.6 is 0 Å². The maximum Gasteiger partial charge on any atom is 0.338 e. The minimum absolute atomic E-state index is 0.0154. The molecule has 1 aromatic carbocycles. The molecule has 0 saturated carbocycles. The van der Waals surface area contributed by atoms with Crippen LogP contribution < -0.4 is 0 Å². The van der Waals surface area contributed by atoms with Gasteiger partial charge in [0.2, 0.25) is 5.91 Å². The first-order valence-corrected chi connectivity index (χ1v) is 11.8. The summed E-state index contributed by atoms with van der Waals surface area (Å²) in [7, 11) is 0. The first-order valence-electron chi connectivity index (χ1n) is 11.8. The van der Waals surface area contributed by atoms with Crippen LogP contribution in [0.1, 0.15) is 65.9 Å². The first-order chi connectivity index (χ1) is 15.8. The number of carbonyl (C=O) groups excluding carboxylic acids is 4. The number of morpholine rings is 1. The Labute approximate surface area is 201 Å². The fourth-order valence-corrected chi connectivity index (χ4v) is 4.99. The molecule has 34 heavy (non-hydrogen) atoms. The van der Waals surface area contributed by atoms with Crippen molar-refractivity contribution in [3.8, 4) is 0 Å². The molecule has 2 heterocycles. The third kappa shape index (κ3) is 6.44. The van der Waals surface area contributed by atoms with Gasteiger partial charge in [0, 0.05) is 38.8 Å². The van der Waals surface area contributed by atoms with Gasteiger partial charge in [-0.25, -0.2) is 4.79 Å². The Morgan fingerprint density at radius 3 is 2.29 bits per heavy atom. The monoisotopic (exact) mass is 472 g/mol. The van der Waals surface area contributed by atoms with E-state index in [1.807, 2.05) is 43.9 Å². The molecule has 0 spiro atoms. The van der Waals surface area contributed by atoms with Gasteiger partial charge in [-0.05, 0) is 38.2 Å². The van der Waals surface area contributed by atoms with E-state index in [1.165, 1.54) is 0 Å². The SMILES string of the molecule is CC(C)(CC(=O)N1CCO[C@](C)(Cc2ccccc2)C1)CC(C)(C)C(=O)ON1C(=O)CCC1=O. The second-order valence-electron chi connectivity index (χ2n) is 11.1. The minimum atomic E-state index is -0.986. The molecule has 1 atom stereocenters. The van der Waals surface area contributed by atoms with Gasteiger partial charge in [-0.3, -0.25) is 14.4 Å². The number of carbonyl (C=O) groups is 4. The third-order valence-corrected chi connectivity index (χ3v) is 6.39. The summed E-state index contributed by atoms with van der Waals surface area (Å²) in [6.07, 6.45) is 1.43. The normalized spacial score (nSPS) is 21.7. The van der Waals surface area contributed by atoms with Crippen molar-refractivity contribution in [2.75, 3.05) is 19.7 Å². The molecule has 8 heteroatoms. The number of rotatable bonds is 8. The zero-order valence-corrected chi connectivity index (χ0v) is 20.9. The Balaban J connectivity index is 1.58. The molecule has 2 aliphatic heterocycles. The Kier molecular flexibility index (Phi) is 7.50. The van der Waals surface area contributed by atoms with E-state index in [4.69, 9.17) is 9.57 Å². The average molecular weight is 473 g/mol. The van der Waals surface area contributed by atoms with Crippen LogP contribution in [0, 0.1) is 10.8 Å². The zero-order valence-electron chi connectivity index (χ0n) is 20.9. The van der Waals surface area contributed by atoms with E-state index in [0.29, 0.717) is 37.6 Å². The lowest BCUT2D eigenvalue weighted by Crippen LogP contribution is -2.53. The Bertz CT molecular complexity index is 926. The lowest BCUT2D eigenvalue weighted by atomic mass is 9.73. The molecule has 0 unspecified atom stereocenters. The topological polar surface area (TPSA) is 93.2 Å². The number of ether oxygens (including phenoxy) is 1. The predicted octanol–water partition coefficient (Wildman–Crippen LogP) is 3.29. The standard InChI is InChI=1S/C26H36N2O6/c1-24(2,17-25(3,4)23(32)34-28-20(29)11-12-21(28)30)16-22(31)27-13-14-33-26(5,18-27)15-19-9-7-6-8-10-19/h6-10H,11-18H2,1-5H3/t26-/m1/s1. The fraction of sp³-hybridized carbons (Fsp3) is 0.615. The number of amides is 3. The highest BCUT2D eigenvalue weighted by atomic mass is 16.7. The summed E-state index contributed by atoms with van der Waals surface area (Å²) in [5.74, 6) is -1.65. The first kappa shape index (κ1) is 25.9. The summed E-state index contributed by atoms with van der Waals surface area (Å²) in [4.78, 5) is 56.5. The third-order valence-electron chi connectivity index (χ3n) is 6.39. The summed E-state index contributed by atoms with van der Waals surface area (Å²) < 4.78 is 6.06. The van der Waals surface area contributed by atoms with Gasteiger partial charge in [-0.2, -0.15) is 0 Å². The van der Waals surface area contributed by atoms with E-state index in [2.05, 4.69) is 12.1 Å². The molecule has 1 aromatic rings. The average Bonchev–Trinajstić information content (AvgIpc) is 3.05. The van der Waals surface area contributed by atoms with Gasteiger partial charge in [-0.15, -0.1) is 5.06 Å². The second-order valence-corrected chi connectivity index (χ2v) is 11.1. The van der Waals surface area contributed by atoms with E-state index in [-0.39, 0.29) is 25.2 Å². The summed E-state index contributed by atoms with van der Waals surface area (Å²) in [6, 6.07) is 10.1. The van der Waals surface area contributed by atoms with Crippen LogP contribution in [-0.4, -0.2) is 59.0 Å². The van der Waals surface area contributed by atoms with Crippen molar-refractivity contribution in [3.05, 3.63) is 35.9 Å². The molecule has 0 N–H and O–H groups in total. The van der Waals surface area contributed by atoms with E-state index in [9.17, 15) is 19.2 Å². The Hall–Kier alpha value is -2.74. The molecule has 186 valence electrons. The van der Waals surface area contributed by atoms with E-state index < -0.39 is 34.2 Å². The molecule has 3 amide bonds. The smallest absolute Gasteiger partial charge is 0.338 e.